The summed E-state index contributed by atoms with van der Waals surface area (Å²) in [7, 11) is 0. The summed E-state index contributed by atoms with van der Waals surface area (Å²) in [6.07, 6.45) is 1.19. The summed E-state index contributed by atoms with van der Waals surface area (Å²) in [5.74, 6) is -0.406. The lowest BCUT2D eigenvalue weighted by Crippen LogP contribution is -2.11. The number of aliphatic carboxylic acids is 1. The SMILES string of the molecule is CC(F)c1ccccc1C(CC(=O)O)C1CC1. The number of hydrogen-bond donors (Lipinski definition) is 1. The van der Waals surface area contributed by atoms with Crippen LogP contribution in [0.3, 0.4) is 0 Å². The number of rotatable bonds is 5. The highest BCUT2D eigenvalue weighted by molar-refractivity contribution is 5.68. The van der Waals surface area contributed by atoms with Crippen LogP contribution in [0.4, 0.5) is 4.39 Å². The van der Waals surface area contributed by atoms with Gasteiger partial charge in [-0.25, -0.2) is 4.39 Å². The standard InChI is InChI=1S/C14H17FO2/c1-9(15)11-4-2-3-5-12(11)13(8-14(16)17)10-6-7-10/h2-5,9-10,13H,6-8H2,1H3,(H,16,17). The van der Waals surface area contributed by atoms with Gasteiger partial charge in [-0.2, -0.15) is 0 Å². The Labute approximate surface area is 100 Å². The minimum atomic E-state index is -1.04. The second-order valence-corrected chi connectivity index (χ2v) is 4.79. The molecule has 0 spiro atoms. The van der Waals surface area contributed by atoms with Crippen molar-refractivity contribution in [1.29, 1.82) is 0 Å². The van der Waals surface area contributed by atoms with E-state index in [9.17, 15) is 9.18 Å². The Hall–Kier alpha value is -1.38. The fourth-order valence-electron chi connectivity index (χ4n) is 2.43. The highest BCUT2D eigenvalue weighted by atomic mass is 19.1. The third kappa shape index (κ3) is 2.84. The van der Waals surface area contributed by atoms with Crippen molar-refractivity contribution < 1.29 is 14.3 Å². The molecule has 1 N–H and O–H groups in total. The zero-order valence-electron chi connectivity index (χ0n) is 9.90. The number of halogens is 1. The molecule has 0 saturated heterocycles. The average molecular weight is 236 g/mol. The average Bonchev–Trinajstić information content (AvgIpc) is 3.09. The monoisotopic (exact) mass is 236 g/mol. The Balaban J connectivity index is 2.31. The molecule has 0 aliphatic heterocycles. The smallest absolute Gasteiger partial charge is 0.303 e. The van der Waals surface area contributed by atoms with Crippen molar-refractivity contribution in [2.45, 2.75) is 38.3 Å². The van der Waals surface area contributed by atoms with Gasteiger partial charge < -0.3 is 5.11 Å². The first-order valence-electron chi connectivity index (χ1n) is 6.04. The summed E-state index contributed by atoms with van der Waals surface area (Å²) in [6, 6.07) is 7.30. The summed E-state index contributed by atoms with van der Waals surface area (Å²) in [6.45, 7) is 1.50. The number of alkyl halides is 1. The van der Waals surface area contributed by atoms with Crippen molar-refractivity contribution >= 4 is 5.97 Å². The highest BCUT2D eigenvalue weighted by Gasteiger charge is 2.35. The van der Waals surface area contributed by atoms with E-state index in [-0.39, 0.29) is 12.3 Å². The molecule has 1 fully saturated rings. The van der Waals surface area contributed by atoms with E-state index in [1.165, 1.54) is 6.92 Å². The van der Waals surface area contributed by atoms with Crippen LogP contribution in [0.15, 0.2) is 24.3 Å². The van der Waals surface area contributed by atoms with E-state index in [4.69, 9.17) is 5.11 Å². The van der Waals surface area contributed by atoms with Gasteiger partial charge in [-0.1, -0.05) is 24.3 Å². The van der Waals surface area contributed by atoms with Gasteiger partial charge in [-0.15, -0.1) is 0 Å². The van der Waals surface area contributed by atoms with Gasteiger partial charge in [0.1, 0.15) is 6.17 Å². The fraction of sp³-hybridized carbons (Fsp3) is 0.500. The lowest BCUT2D eigenvalue weighted by molar-refractivity contribution is -0.137. The maximum absolute atomic E-state index is 13.5. The third-order valence-corrected chi connectivity index (χ3v) is 3.41. The molecule has 0 radical (unpaired) electrons. The molecule has 1 aromatic rings. The fourth-order valence-corrected chi connectivity index (χ4v) is 2.43. The molecule has 1 saturated carbocycles. The topological polar surface area (TPSA) is 37.3 Å². The van der Waals surface area contributed by atoms with Gasteiger partial charge in [0.05, 0.1) is 6.42 Å². The van der Waals surface area contributed by atoms with Crippen molar-refractivity contribution in [2.75, 3.05) is 0 Å². The molecule has 0 aromatic heterocycles. The summed E-state index contributed by atoms with van der Waals surface area (Å²) in [5, 5.41) is 8.96. The predicted octanol–water partition coefficient (Wildman–Crippen LogP) is 3.69. The van der Waals surface area contributed by atoms with E-state index in [1.54, 1.807) is 12.1 Å². The van der Waals surface area contributed by atoms with Gasteiger partial charge in [-0.3, -0.25) is 4.79 Å². The molecule has 0 amide bonds. The van der Waals surface area contributed by atoms with Gasteiger partial charge >= 0.3 is 5.97 Å². The van der Waals surface area contributed by atoms with Crippen LogP contribution >= 0.6 is 0 Å². The first kappa shape index (κ1) is 12.1. The van der Waals surface area contributed by atoms with Crippen LogP contribution in [0.2, 0.25) is 0 Å². The second kappa shape index (κ2) is 4.86. The number of carboxylic acid groups (broad SMARTS) is 1. The van der Waals surface area contributed by atoms with Crippen LogP contribution in [0.5, 0.6) is 0 Å². The van der Waals surface area contributed by atoms with Gasteiger partial charge in [0.15, 0.2) is 0 Å². The lowest BCUT2D eigenvalue weighted by Gasteiger charge is -2.19. The van der Waals surface area contributed by atoms with E-state index >= 15 is 0 Å². The molecule has 1 aliphatic rings. The van der Waals surface area contributed by atoms with E-state index < -0.39 is 12.1 Å². The van der Waals surface area contributed by atoms with Gasteiger partial charge in [-0.05, 0) is 42.7 Å². The second-order valence-electron chi connectivity index (χ2n) is 4.79. The minimum Gasteiger partial charge on any atom is -0.481 e. The molecule has 17 heavy (non-hydrogen) atoms. The molecule has 0 heterocycles. The maximum Gasteiger partial charge on any atom is 0.303 e. The Morgan fingerprint density at radius 3 is 2.47 bits per heavy atom. The van der Waals surface area contributed by atoms with Crippen molar-refractivity contribution in [3.05, 3.63) is 35.4 Å². The molecule has 0 bridgehead atoms. The van der Waals surface area contributed by atoms with E-state index in [0.29, 0.717) is 11.5 Å². The molecule has 3 heteroatoms. The third-order valence-electron chi connectivity index (χ3n) is 3.41. The molecule has 2 nitrogen and oxygen atoms in total. The number of hydrogen-bond acceptors (Lipinski definition) is 1. The molecule has 1 aliphatic carbocycles. The largest absolute Gasteiger partial charge is 0.481 e. The Kier molecular flexibility index (Phi) is 3.46. The summed E-state index contributed by atoms with van der Waals surface area (Å²) >= 11 is 0. The first-order chi connectivity index (χ1) is 8.09. The van der Waals surface area contributed by atoms with Crippen molar-refractivity contribution in [3.63, 3.8) is 0 Å². The molecular formula is C14H17FO2. The molecule has 2 unspecified atom stereocenters. The Morgan fingerprint density at radius 1 is 1.41 bits per heavy atom. The molecule has 2 rings (SSSR count). The van der Waals surface area contributed by atoms with Crippen molar-refractivity contribution in [1.82, 2.24) is 0 Å². The Bertz CT molecular complexity index is 410. The van der Waals surface area contributed by atoms with Gasteiger partial charge in [0, 0.05) is 0 Å². The molecular weight excluding hydrogens is 219 g/mol. The van der Waals surface area contributed by atoms with Gasteiger partial charge in [0.25, 0.3) is 0 Å². The zero-order valence-corrected chi connectivity index (χ0v) is 9.90. The highest BCUT2D eigenvalue weighted by Crippen LogP contribution is 2.46. The quantitative estimate of drug-likeness (QED) is 0.846. The molecule has 2 atom stereocenters. The number of benzene rings is 1. The van der Waals surface area contributed by atoms with Crippen LogP contribution < -0.4 is 0 Å². The number of carbonyl (C=O) groups is 1. The Morgan fingerprint density at radius 2 is 2.00 bits per heavy atom. The van der Waals surface area contributed by atoms with Crippen LogP contribution in [-0.4, -0.2) is 11.1 Å². The zero-order chi connectivity index (χ0) is 12.4. The summed E-state index contributed by atoms with van der Waals surface area (Å²) < 4.78 is 13.5. The van der Waals surface area contributed by atoms with Crippen LogP contribution in [-0.2, 0) is 4.79 Å². The molecule has 92 valence electrons. The normalized spacial score (nSPS) is 18.7. The van der Waals surface area contributed by atoms with E-state index in [1.807, 2.05) is 12.1 Å². The predicted molar refractivity (Wildman–Crippen MR) is 63.7 cm³/mol. The first-order valence-corrected chi connectivity index (χ1v) is 6.04. The van der Waals surface area contributed by atoms with Crippen LogP contribution in [0, 0.1) is 5.92 Å². The van der Waals surface area contributed by atoms with Crippen LogP contribution in [0.25, 0.3) is 0 Å². The van der Waals surface area contributed by atoms with E-state index in [0.717, 1.165) is 18.4 Å². The van der Waals surface area contributed by atoms with Gasteiger partial charge in [0.2, 0.25) is 0 Å². The van der Waals surface area contributed by atoms with Crippen molar-refractivity contribution in [3.8, 4) is 0 Å². The number of carboxylic acids is 1. The summed E-state index contributed by atoms with van der Waals surface area (Å²) in [4.78, 5) is 10.9. The summed E-state index contributed by atoms with van der Waals surface area (Å²) in [5.41, 5.74) is 1.53. The van der Waals surface area contributed by atoms with E-state index in [2.05, 4.69) is 0 Å². The maximum atomic E-state index is 13.5. The van der Waals surface area contributed by atoms with Crippen molar-refractivity contribution in [2.24, 2.45) is 5.92 Å². The van der Waals surface area contributed by atoms with Crippen LogP contribution in [0.1, 0.15) is 49.4 Å². The minimum absolute atomic E-state index is 0.0260. The lowest BCUT2D eigenvalue weighted by atomic mass is 9.86. The molecule has 1 aromatic carbocycles.